The van der Waals surface area contributed by atoms with Crippen LogP contribution in [0.3, 0.4) is 0 Å². The Labute approximate surface area is 194 Å². The molecule has 2 aliphatic heterocycles. The van der Waals surface area contributed by atoms with E-state index < -0.39 is 11.2 Å². The number of β-amino-alcohol motifs (C(OH)–C–C–N with tert-alkyl or cyclic N) is 2. The number of nitrogens with zero attached hydrogens (tertiary/aromatic N) is 2. The predicted molar refractivity (Wildman–Crippen MR) is 123 cm³/mol. The Bertz CT molecular complexity index is 921. The van der Waals surface area contributed by atoms with Gasteiger partial charge in [-0.2, -0.15) is 0 Å². The third-order valence-electron chi connectivity index (χ3n) is 6.37. The van der Waals surface area contributed by atoms with Gasteiger partial charge in [-0.25, -0.2) is 4.39 Å². The van der Waals surface area contributed by atoms with Gasteiger partial charge in [0.2, 0.25) is 0 Å². The van der Waals surface area contributed by atoms with Crippen LogP contribution < -0.4 is 14.4 Å². The van der Waals surface area contributed by atoms with Gasteiger partial charge in [0.25, 0.3) is 0 Å². The molecule has 0 amide bonds. The van der Waals surface area contributed by atoms with Crippen LogP contribution in [0.4, 0.5) is 10.1 Å². The number of halogens is 1. The second kappa shape index (κ2) is 10.3. The first kappa shape index (κ1) is 23.8. The highest BCUT2D eigenvalue weighted by molar-refractivity contribution is 5.51. The molecule has 2 heterocycles. The molecule has 0 saturated carbocycles. The number of hydrogen-bond acceptors (Lipinski definition) is 7. The van der Waals surface area contributed by atoms with Crippen molar-refractivity contribution in [2.75, 3.05) is 64.6 Å². The van der Waals surface area contributed by atoms with Crippen molar-refractivity contribution in [2.45, 2.75) is 24.0 Å². The maximum absolute atomic E-state index is 13.4. The first-order valence-corrected chi connectivity index (χ1v) is 11.4. The summed E-state index contributed by atoms with van der Waals surface area (Å²) < 4.78 is 30.0. The summed E-state index contributed by atoms with van der Waals surface area (Å²) in [6.07, 6.45) is 1.25. The van der Waals surface area contributed by atoms with Gasteiger partial charge in [0.15, 0.2) is 0 Å². The molecule has 2 saturated heterocycles. The Balaban J connectivity index is 1.33. The molecule has 1 atom stereocenters. The van der Waals surface area contributed by atoms with Gasteiger partial charge in [0.05, 0.1) is 25.9 Å². The molecule has 180 valence electrons. The Kier molecular flexibility index (Phi) is 7.38. The van der Waals surface area contributed by atoms with Gasteiger partial charge in [-0.05, 0) is 37.1 Å². The molecule has 0 aliphatic carbocycles. The van der Waals surface area contributed by atoms with Crippen molar-refractivity contribution >= 4 is 5.69 Å². The van der Waals surface area contributed by atoms with Gasteiger partial charge in [-0.1, -0.05) is 12.1 Å². The Morgan fingerprint density at radius 1 is 1.00 bits per heavy atom. The van der Waals surface area contributed by atoms with Crippen molar-refractivity contribution < 1.29 is 28.8 Å². The van der Waals surface area contributed by atoms with Crippen LogP contribution in [0.25, 0.3) is 0 Å². The van der Waals surface area contributed by atoms with E-state index in [-0.39, 0.29) is 19.0 Å². The zero-order chi connectivity index (χ0) is 23.3. The minimum absolute atomic E-state index is 0.0188. The van der Waals surface area contributed by atoms with E-state index in [0.717, 1.165) is 24.5 Å². The quantitative estimate of drug-likeness (QED) is 0.657. The predicted octanol–water partition coefficient (Wildman–Crippen LogP) is 2.31. The van der Waals surface area contributed by atoms with E-state index in [1.54, 1.807) is 19.2 Å². The molecule has 2 aliphatic rings. The zero-order valence-corrected chi connectivity index (χ0v) is 19.1. The van der Waals surface area contributed by atoms with Gasteiger partial charge in [0, 0.05) is 50.5 Å². The molecule has 4 rings (SSSR count). The van der Waals surface area contributed by atoms with Crippen molar-refractivity contribution in [1.82, 2.24) is 4.90 Å². The molecule has 7 nitrogen and oxygen atoms in total. The Morgan fingerprint density at radius 3 is 2.52 bits per heavy atom. The molecular weight excluding hydrogens is 427 g/mol. The normalized spacial score (nSPS) is 23.7. The van der Waals surface area contributed by atoms with Gasteiger partial charge in [-0.3, -0.25) is 4.90 Å². The Morgan fingerprint density at radius 2 is 1.76 bits per heavy atom. The highest BCUT2D eigenvalue weighted by Crippen LogP contribution is 2.30. The van der Waals surface area contributed by atoms with Crippen LogP contribution in [0.15, 0.2) is 48.5 Å². The highest BCUT2D eigenvalue weighted by atomic mass is 19.1. The number of anilines is 1. The van der Waals surface area contributed by atoms with Gasteiger partial charge in [0.1, 0.15) is 29.5 Å². The molecule has 0 bridgehead atoms. The lowest BCUT2D eigenvalue weighted by atomic mass is 9.90. The van der Waals surface area contributed by atoms with Crippen LogP contribution >= 0.6 is 0 Å². The minimum Gasteiger partial charge on any atom is -0.497 e. The molecule has 33 heavy (non-hydrogen) atoms. The fourth-order valence-corrected chi connectivity index (χ4v) is 4.56. The number of piperidine rings is 1. The molecule has 2 aromatic carbocycles. The van der Waals surface area contributed by atoms with Crippen molar-refractivity contribution in [3.8, 4) is 11.5 Å². The third-order valence-corrected chi connectivity index (χ3v) is 6.37. The van der Waals surface area contributed by atoms with Gasteiger partial charge in [-0.15, -0.1) is 0 Å². The zero-order valence-electron chi connectivity index (χ0n) is 19.1. The van der Waals surface area contributed by atoms with Crippen LogP contribution in [-0.2, 0) is 4.74 Å². The molecule has 2 fully saturated rings. The van der Waals surface area contributed by atoms with Crippen molar-refractivity contribution in [1.29, 1.82) is 0 Å². The third kappa shape index (κ3) is 6.35. The maximum Gasteiger partial charge on any atom is 0.134 e. The van der Waals surface area contributed by atoms with Crippen LogP contribution in [0.2, 0.25) is 0 Å². The van der Waals surface area contributed by atoms with E-state index in [1.807, 2.05) is 23.1 Å². The molecule has 2 N–H and O–H groups in total. The number of benzene rings is 2. The Hall–Kier alpha value is -2.39. The van der Waals surface area contributed by atoms with E-state index in [1.165, 1.54) is 12.1 Å². The summed E-state index contributed by atoms with van der Waals surface area (Å²) in [6.45, 7) is 3.42. The lowest BCUT2D eigenvalue weighted by molar-refractivity contribution is -0.0742. The van der Waals surface area contributed by atoms with Crippen LogP contribution in [0.5, 0.6) is 11.5 Å². The summed E-state index contributed by atoms with van der Waals surface area (Å²) >= 11 is 0. The molecular formula is C25H33FN2O5. The second-order valence-corrected chi connectivity index (χ2v) is 9.15. The number of rotatable bonds is 7. The minimum atomic E-state index is -1.25. The SMILES string of the molecule is COc1cccc(N2CCC(O)(CN3CCOC[C@](O)(COc4cccc(F)c4)C3)CC2)c1. The maximum atomic E-state index is 13.4. The van der Waals surface area contributed by atoms with Gasteiger partial charge >= 0.3 is 0 Å². The van der Waals surface area contributed by atoms with Crippen LogP contribution in [-0.4, -0.2) is 86.0 Å². The number of aliphatic hydroxyl groups is 2. The van der Waals surface area contributed by atoms with E-state index >= 15 is 0 Å². The van der Waals surface area contributed by atoms with E-state index in [4.69, 9.17) is 14.2 Å². The summed E-state index contributed by atoms with van der Waals surface area (Å²) in [5, 5.41) is 22.4. The number of ether oxygens (including phenoxy) is 3. The van der Waals surface area contributed by atoms with Crippen LogP contribution in [0, 0.1) is 5.82 Å². The summed E-state index contributed by atoms with van der Waals surface area (Å²) in [4.78, 5) is 4.30. The molecule has 8 heteroatoms. The van der Waals surface area contributed by atoms with Crippen LogP contribution in [0.1, 0.15) is 12.8 Å². The van der Waals surface area contributed by atoms with E-state index in [9.17, 15) is 14.6 Å². The molecule has 0 unspecified atom stereocenters. The van der Waals surface area contributed by atoms with Crippen molar-refractivity contribution in [3.63, 3.8) is 0 Å². The van der Waals surface area contributed by atoms with Crippen molar-refractivity contribution in [3.05, 3.63) is 54.3 Å². The number of hydrogen-bond donors (Lipinski definition) is 2. The monoisotopic (exact) mass is 460 g/mol. The van der Waals surface area contributed by atoms with E-state index in [2.05, 4.69) is 11.0 Å². The summed E-state index contributed by atoms with van der Waals surface area (Å²) in [5.41, 5.74) is -1.01. The first-order chi connectivity index (χ1) is 15.9. The first-order valence-electron chi connectivity index (χ1n) is 11.4. The highest BCUT2D eigenvalue weighted by Gasteiger charge is 2.39. The van der Waals surface area contributed by atoms with Gasteiger partial charge < -0.3 is 29.3 Å². The topological polar surface area (TPSA) is 74.6 Å². The fraction of sp³-hybridized carbons (Fsp3) is 0.520. The number of methoxy groups -OCH3 is 1. The van der Waals surface area contributed by atoms with E-state index in [0.29, 0.717) is 44.8 Å². The standard InChI is InChI=1S/C25H33FN2O5/c1-31-22-6-3-5-21(15-22)28-10-8-24(29,9-11-28)16-27-12-13-32-18-25(30,17-27)19-33-23-7-2-4-20(26)14-23/h2-7,14-15,29-30H,8-13,16-19H2,1H3/t25-/m0/s1. The molecule has 0 radical (unpaired) electrons. The average Bonchev–Trinajstić information content (AvgIpc) is 2.99. The van der Waals surface area contributed by atoms with Crippen molar-refractivity contribution in [2.24, 2.45) is 0 Å². The lowest BCUT2D eigenvalue weighted by Crippen LogP contribution is -2.55. The summed E-state index contributed by atoms with van der Waals surface area (Å²) in [7, 11) is 1.66. The fourth-order valence-electron chi connectivity index (χ4n) is 4.56. The molecule has 0 aromatic heterocycles. The largest absolute Gasteiger partial charge is 0.497 e. The summed E-state index contributed by atoms with van der Waals surface area (Å²) in [5.74, 6) is 0.793. The average molecular weight is 461 g/mol. The molecule has 0 spiro atoms. The second-order valence-electron chi connectivity index (χ2n) is 9.15. The lowest BCUT2D eigenvalue weighted by Gasteiger charge is -2.42. The summed E-state index contributed by atoms with van der Waals surface area (Å²) in [6, 6.07) is 13.8. The molecule has 2 aromatic rings. The smallest absolute Gasteiger partial charge is 0.134 e.